The third-order valence-corrected chi connectivity index (χ3v) is 2.21. The van der Waals surface area contributed by atoms with Gasteiger partial charge in [-0.3, -0.25) is 0 Å². The monoisotopic (exact) mass is 225 g/mol. The van der Waals surface area contributed by atoms with Gasteiger partial charge in [-0.2, -0.15) is 0 Å². The van der Waals surface area contributed by atoms with Crippen molar-refractivity contribution in [2.24, 2.45) is 0 Å². The summed E-state index contributed by atoms with van der Waals surface area (Å²) in [5.41, 5.74) is 1.05. The van der Waals surface area contributed by atoms with Gasteiger partial charge >= 0.3 is 0 Å². The van der Waals surface area contributed by atoms with Crippen LogP contribution in [0.5, 0.6) is 0 Å². The third kappa shape index (κ3) is 4.12. The Balaban J connectivity index is 2.49. The molecule has 5 heteroatoms. The van der Waals surface area contributed by atoms with Crippen molar-refractivity contribution in [3.05, 3.63) is 18.1 Å². The van der Waals surface area contributed by atoms with E-state index < -0.39 is 0 Å². The number of nitrogens with one attached hydrogen (secondary N) is 1. The number of anilines is 1. The second kappa shape index (κ2) is 7.14. The van der Waals surface area contributed by atoms with Crippen LogP contribution < -0.4 is 5.32 Å². The molecule has 0 aliphatic heterocycles. The zero-order valence-electron chi connectivity index (χ0n) is 10.1. The molecule has 0 fully saturated rings. The van der Waals surface area contributed by atoms with Crippen LogP contribution in [0.25, 0.3) is 0 Å². The molecule has 0 aliphatic carbocycles. The molecule has 0 saturated heterocycles. The Morgan fingerprint density at radius 2 is 2.06 bits per heavy atom. The number of ether oxygens (including phenoxy) is 2. The summed E-state index contributed by atoms with van der Waals surface area (Å²) in [6.45, 7) is 2.69. The van der Waals surface area contributed by atoms with Crippen molar-refractivity contribution in [2.45, 2.75) is 26.1 Å². The van der Waals surface area contributed by atoms with Gasteiger partial charge in [0.05, 0.1) is 6.54 Å². The van der Waals surface area contributed by atoms with Gasteiger partial charge in [-0.1, -0.05) is 13.3 Å². The molecule has 90 valence electrons. The van der Waals surface area contributed by atoms with Gasteiger partial charge in [0.15, 0.2) is 6.29 Å². The Hall–Kier alpha value is -1.20. The fraction of sp³-hybridized carbons (Fsp3) is 0.636. The SMILES string of the molecule is CCCc1cc(NCC(OC)OC)ncn1. The van der Waals surface area contributed by atoms with Gasteiger partial charge in [0.25, 0.3) is 0 Å². The first-order chi connectivity index (χ1) is 7.80. The Morgan fingerprint density at radius 3 is 2.69 bits per heavy atom. The van der Waals surface area contributed by atoms with Crippen molar-refractivity contribution in [3.8, 4) is 0 Å². The van der Waals surface area contributed by atoms with Gasteiger partial charge < -0.3 is 14.8 Å². The summed E-state index contributed by atoms with van der Waals surface area (Å²) in [5.74, 6) is 0.803. The van der Waals surface area contributed by atoms with E-state index in [1.807, 2.05) is 6.07 Å². The summed E-state index contributed by atoms with van der Waals surface area (Å²) < 4.78 is 10.1. The minimum absolute atomic E-state index is 0.260. The van der Waals surface area contributed by atoms with E-state index >= 15 is 0 Å². The Morgan fingerprint density at radius 1 is 1.31 bits per heavy atom. The minimum Gasteiger partial charge on any atom is -0.365 e. The molecule has 5 nitrogen and oxygen atoms in total. The Kier molecular flexibility index (Phi) is 5.74. The molecule has 0 bridgehead atoms. The van der Waals surface area contributed by atoms with Crippen LogP contribution in [0.1, 0.15) is 19.0 Å². The molecule has 0 amide bonds. The average molecular weight is 225 g/mol. The molecule has 0 aliphatic rings. The van der Waals surface area contributed by atoms with Gasteiger partial charge in [-0.15, -0.1) is 0 Å². The van der Waals surface area contributed by atoms with Crippen molar-refractivity contribution in [1.29, 1.82) is 0 Å². The molecule has 16 heavy (non-hydrogen) atoms. The summed E-state index contributed by atoms with van der Waals surface area (Å²) in [4.78, 5) is 8.31. The van der Waals surface area contributed by atoms with E-state index in [-0.39, 0.29) is 6.29 Å². The van der Waals surface area contributed by atoms with Gasteiger partial charge in [-0.25, -0.2) is 9.97 Å². The van der Waals surface area contributed by atoms with E-state index in [4.69, 9.17) is 9.47 Å². The molecule has 1 aromatic heterocycles. The first-order valence-corrected chi connectivity index (χ1v) is 5.40. The van der Waals surface area contributed by atoms with E-state index in [1.165, 1.54) is 0 Å². The second-order valence-electron chi connectivity index (χ2n) is 3.43. The summed E-state index contributed by atoms with van der Waals surface area (Å²) in [6, 6.07) is 1.95. The maximum atomic E-state index is 5.07. The van der Waals surface area contributed by atoms with Crippen LogP contribution in [0.2, 0.25) is 0 Å². The highest BCUT2D eigenvalue weighted by molar-refractivity contribution is 5.34. The molecule has 0 saturated carbocycles. The van der Waals surface area contributed by atoms with E-state index in [0.29, 0.717) is 6.54 Å². The lowest BCUT2D eigenvalue weighted by Crippen LogP contribution is -2.24. The molecule has 0 spiro atoms. The van der Waals surface area contributed by atoms with Gasteiger partial charge in [0.1, 0.15) is 12.1 Å². The first kappa shape index (κ1) is 12.9. The molecule has 0 aromatic carbocycles. The molecule has 1 aromatic rings. The standard InChI is InChI=1S/C11H19N3O2/c1-4-5-9-6-10(14-8-13-9)12-7-11(15-2)16-3/h6,8,11H,4-5,7H2,1-3H3,(H,12,13,14). The van der Waals surface area contributed by atoms with Crippen molar-refractivity contribution in [2.75, 3.05) is 26.1 Å². The van der Waals surface area contributed by atoms with Gasteiger partial charge in [0, 0.05) is 26.0 Å². The minimum atomic E-state index is -0.260. The molecule has 0 unspecified atom stereocenters. The zero-order valence-corrected chi connectivity index (χ0v) is 10.1. The van der Waals surface area contributed by atoms with Crippen molar-refractivity contribution in [1.82, 2.24) is 9.97 Å². The van der Waals surface area contributed by atoms with Crippen molar-refractivity contribution in [3.63, 3.8) is 0 Å². The van der Waals surface area contributed by atoms with Crippen LogP contribution in [0.3, 0.4) is 0 Å². The van der Waals surface area contributed by atoms with Crippen LogP contribution >= 0.6 is 0 Å². The van der Waals surface area contributed by atoms with Crippen LogP contribution in [0.4, 0.5) is 5.82 Å². The number of methoxy groups -OCH3 is 2. The number of rotatable bonds is 7. The number of nitrogens with zero attached hydrogens (tertiary/aromatic N) is 2. The summed E-state index contributed by atoms with van der Waals surface area (Å²) in [6.07, 6.45) is 3.36. The Bertz CT molecular complexity index is 303. The average Bonchev–Trinajstić information content (AvgIpc) is 2.31. The maximum Gasteiger partial charge on any atom is 0.173 e. The lowest BCUT2D eigenvalue weighted by atomic mass is 10.2. The van der Waals surface area contributed by atoms with Crippen LogP contribution in [-0.4, -0.2) is 37.0 Å². The van der Waals surface area contributed by atoms with Crippen molar-refractivity contribution < 1.29 is 9.47 Å². The predicted molar refractivity (Wildman–Crippen MR) is 62.3 cm³/mol. The third-order valence-electron chi connectivity index (χ3n) is 2.21. The molecule has 0 radical (unpaired) electrons. The highest BCUT2D eigenvalue weighted by Crippen LogP contribution is 2.06. The fourth-order valence-corrected chi connectivity index (χ4v) is 1.34. The van der Waals surface area contributed by atoms with Crippen LogP contribution in [0.15, 0.2) is 12.4 Å². The second-order valence-corrected chi connectivity index (χ2v) is 3.43. The zero-order chi connectivity index (χ0) is 11.8. The normalized spacial score (nSPS) is 10.8. The highest BCUT2D eigenvalue weighted by atomic mass is 16.7. The largest absolute Gasteiger partial charge is 0.365 e. The topological polar surface area (TPSA) is 56.3 Å². The predicted octanol–water partition coefficient (Wildman–Crippen LogP) is 1.46. The number of aromatic nitrogens is 2. The summed E-state index contributed by atoms with van der Waals surface area (Å²) >= 11 is 0. The fourth-order valence-electron chi connectivity index (χ4n) is 1.34. The molecular formula is C11H19N3O2. The first-order valence-electron chi connectivity index (χ1n) is 5.40. The highest BCUT2D eigenvalue weighted by Gasteiger charge is 2.05. The molecule has 1 heterocycles. The Labute approximate surface area is 96.2 Å². The quantitative estimate of drug-likeness (QED) is 0.712. The van der Waals surface area contributed by atoms with E-state index in [2.05, 4.69) is 22.2 Å². The van der Waals surface area contributed by atoms with Crippen molar-refractivity contribution >= 4 is 5.82 Å². The van der Waals surface area contributed by atoms with Crippen LogP contribution in [0, 0.1) is 0 Å². The van der Waals surface area contributed by atoms with Crippen LogP contribution in [-0.2, 0) is 15.9 Å². The number of aryl methyl sites for hydroxylation is 1. The summed E-state index contributed by atoms with van der Waals surface area (Å²) in [5, 5.41) is 3.14. The molecular weight excluding hydrogens is 206 g/mol. The lowest BCUT2D eigenvalue weighted by molar-refractivity contribution is -0.0914. The summed E-state index contributed by atoms with van der Waals surface area (Å²) in [7, 11) is 3.22. The van der Waals surface area contributed by atoms with E-state index in [0.717, 1.165) is 24.4 Å². The van der Waals surface area contributed by atoms with Gasteiger partial charge in [0.2, 0.25) is 0 Å². The van der Waals surface area contributed by atoms with Gasteiger partial charge in [-0.05, 0) is 6.42 Å². The molecule has 1 N–H and O–H groups in total. The van der Waals surface area contributed by atoms with E-state index in [1.54, 1.807) is 20.5 Å². The maximum absolute atomic E-state index is 5.07. The number of hydrogen-bond acceptors (Lipinski definition) is 5. The molecule has 0 atom stereocenters. The molecule has 1 rings (SSSR count). The van der Waals surface area contributed by atoms with E-state index in [9.17, 15) is 0 Å². The number of hydrogen-bond donors (Lipinski definition) is 1. The smallest absolute Gasteiger partial charge is 0.173 e. The lowest BCUT2D eigenvalue weighted by Gasteiger charge is -2.14.